The van der Waals surface area contributed by atoms with Gasteiger partial charge in [-0.05, 0) is 40.7 Å². The summed E-state index contributed by atoms with van der Waals surface area (Å²) in [5.41, 5.74) is 0.798. The summed E-state index contributed by atoms with van der Waals surface area (Å²) in [6.45, 7) is 9.59. The van der Waals surface area contributed by atoms with Crippen LogP contribution >= 0.6 is 0 Å². The minimum Gasteiger partial charge on any atom is -0.399 e. The number of nitrogens with zero attached hydrogens (tertiary/aromatic N) is 1. The molecule has 1 aromatic heterocycles. The first-order chi connectivity index (χ1) is 8.73. The zero-order chi connectivity index (χ0) is 14.3. The molecule has 0 unspecified atom stereocenters. The largest absolute Gasteiger partial charge is 0.496 e. The van der Waals surface area contributed by atoms with Crippen LogP contribution in [0.5, 0.6) is 0 Å². The number of Topliss-reactive ketones (excluding diaryl/α,β-unsaturated/α-hetero) is 1. The number of pyridine rings is 1. The Morgan fingerprint density at radius 1 is 1.26 bits per heavy atom. The van der Waals surface area contributed by atoms with Gasteiger partial charge in [-0.3, -0.25) is 9.78 Å². The van der Waals surface area contributed by atoms with Gasteiger partial charge in [0.05, 0.1) is 11.2 Å². The van der Waals surface area contributed by atoms with Crippen molar-refractivity contribution in [2.75, 3.05) is 0 Å². The number of ketones is 1. The molecule has 0 aromatic carbocycles. The minimum absolute atomic E-state index is 0.0801. The summed E-state index contributed by atoms with van der Waals surface area (Å²) in [5, 5.41) is 0. The van der Waals surface area contributed by atoms with E-state index < -0.39 is 7.12 Å². The van der Waals surface area contributed by atoms with Gasteiger partial charge in [0, 0.05) is 23.8 Å². The molecule has 1 saturated heterocycles. The zero-order valence-corrected chi connectivity index (χ0v) is 12.2. The van der Waals surface area contributed by atoms with Crippen molar-refractivity contribution in [3.63, 3.8) is 0 Å². The minimum atomic E-state index is -0.465. The van der Waals surface area contributed by atoms with E-state index in [1.54, 1.807) is 13.1 Å². The van der Waals surface area contributed by atoms with Gasteiger partial charge in [0.15, 0.2) is 0 Å². The summed E-state index contributed by atoms with van der Waals surface area (Å²) in [6, 6.07) is 3.75. The van der Waals surface area contributed by atoms with Crippen LogP contribution in [0, 0.1) is 0 Å². The van der Waals surface area contributed by atoms with Crippen LogP contribution in [-0.2, 0) is 20.5 Å². The Balaban J connectivity index is 2.32. The topological polar surface area (TPSA) is 48.4 Å². The molecule has 0 amide bonds. The second kappa shape index (κ2) is 4.73. The smallest absolute Gasteiger partial charge is 0.399 e. The van der Waals surface area contributed by atoms with Crippen LogP contribution in [0.2, 0.25) is 0 Å². The van der Waals surface area contributed by atoms with Crippen LogP contribution in [-0.4, -0.2) is 29.1 Å². The second-order valence-electron chi connectivity index (χ2n) is 6.01. The highest BCUT2D eigenvalue weighted by Crippen LogP contribution is 2.36. The molecule has 0 saturated carbocycles. The maximum Gasteiger partial charge on any atom is 0.496 e. The highest BCUT2D eigenvalue weighted by Gasteiger charge is 2.52. The van der Waals surface area contributed by atoms with Gasteiger partial charge in [0.2, 0.25) is 0 Å². The van der Waals surface area contributed by atoms with Crippen LogP contribution in [0.25, 0.3) is 0 Å². The van der Waals surface area contributed by atoms with Crippen LogP contribution in [0.15, 0.2) is 18.3 Å². The number of carbonyl (C=O) groups excluding carboxylic acids is 1. The van der Waals surface area contributed by atoms with Gasteiger partial charge in [0.1, 0.15) is 5.78 Å². The average Bonchev–Trinajstić information content (AvgIpc) is 2.48. The Hall–Kier alpha value is -1.20. The Bertz CT molecular complexity index is 483. The lowest BCUT2D eigenvalue weighted by Gasteiger charge is -2.32. The number of rotatable bonds is 3. The van der Waals surface area contributed by atoms with Gasteiger partial charge in [-0.1, -0.05) is 6.07 Å². The first kappa shape index (κ1) is 14.2. The third kappa shape index (κ3) is 2.72. The van der Waals surface area contributed by atoms with E-state index in [0.717, 1.165) is 11.2 Å². The van der Waals surface area contributed by atoms with Crippen molar-refractivity contribution in [3.8, 4) is 0 Å². The Morgan fingerprint density at radius 2 is 1.84 bits per heavy atom. The number of hydrogen-bond donors (Lipinski definition) is 0. The third-order valence-electron chi connectivity index (χ3n) is 3.85. The molecule has 0 bridgehead atoms. The second-order valence-corrected chi connectivity index (χ2v) is 6.01. The fourth-order valence-corrected chi connectivity index (χ4v) is 2.02. The van der Waals surface area contributed by atoms with E-state index in [0.29, 0.717) is 6.42 Å². The zero-order valence-electron chi connectivity index (χ0n) is 12.2. The summed E-state index contributed by atoms with van der Waals surface area (Å²) in [4.78, 5) is 15.6. The van der Waals surface area contributed by atoms with Gasteiger partial charge < -0.3 is 9.31 Å². The van der Waals surface area contributed by atoms with Crippen molar-refractivity contribution in [2.24, 2.45) is 0 Å². The van der Waals surface area contributed by atoms with Crippen LogP contribution in [0.1, 0.15) is 40.3 Å². The molecule has 0 spiro atoms. The lowest BCUT2D eigenvalue weighted by Crippen LogP contribution is -2.41. The molecular formula is C14H20BNO3. The van der Waals surface area contributed by atoms with Gasteiger partial charge in [-0.25, -0.2) is 0 Å². The molecule has 102 valence electrons. The molecule has 0 aliphatic carbocycles. The van der Waals surface area contributed by atoms with E-state index in [-0.39, 0.29) is 17.0 Å². The first-order valence-corrected chi connectivity index (χ1v) is 6.52. The Labute approximate surface area is 114 Å². The molecule has 5 heteroatoms. The summed E-state index contributed by atoms with van der Waals surface area (Å²) >= 11 is 0. The summed E-state index contributed by atoms with van der Waals surface area (Å²) < 4.78 is 12.0. The van der Waals surface area contributed by atoms with Crippen LogP contribution in [0.3, 0.4) is 0 Å². The number of aromatic nitrogens is 1. The molecule has 0 radical (unpaired) electrons. The van der Waals surface area contributed by atoms with Crippen molar-refractivity contribution in [2.45, 2.75) is 52.2 Å². The molecule has 0 atom stereocenters. The third-order valence-corrected chi connectivity index (χ3v) is 3.85. The van der Waals surface area contributed by atoms with Crippen LogP contribution < -0.4 is 5.46 Å². The Morgan fingerprint density at radius 3 is 2.37 bits per heavy atom. The van der Waals surface area contributed by atoms with Crippen molar-refractivity contribution < 1.29 is 14.1 Å². The maximum atomic E-state index is 11.3. The molecule has 0 N–H and O–H groups in total. The predicted octanol–water partition coefficient (Wildman–Crippen LogP) is 1.51. The maximum absolute atomic E-state index is 11.3. The fraction of sp³-hybridized carbons (Fsp3) is 0.571. The van der Waals surface area contributed by atoms with Crippen molar-refractivity contribution >= 4 is 18.4 Å². The van der Waals surface area contributed by atoms with Crippen molar-refractivity contribution in [3.05, 3.63) is 24.0 Å². The average molecular weight is 261 g/mol. The molecular weight excluding hydrogens is 241 g/mol. The van der Waals surface area contributed by atoms with E-state index in [4.69, 9.17) is 9.31 Å². The lowest BCUT2D eigenvalue weighted by molar-refractivity contribution is -0.116. The normalized spacial score (nSPS) is 20.6. The Kier molecular flexibility index (Phi) is 3.54. The fourth-order valence-electron chi connectivity index (χ4n) is 2.02. The number of hydrogen-bond acceptors (Lipinski definition) is 4. The van der Waals surface area contributed by atoms with Gasteiger partial charge in [0.25, 0.3) is 0 Å². The van der Waals surface area contributed by atoms with E-state index >= 15 is 0 Å². The van der Waals surface area contributed by atoms with E-state index in [1.807, 2.05) is 39.8 Å². The van der Waals surface area contributed by atoms with Gasteiger partial charge in [-0.15, -0.1) is 0 Å². The monoisotopic (exact) mass is 261 g/mol. The molecule has 1 aliphatic heterocycles. The van der Waals surface area contributed by atoms with Crippen molar-refractivity contribution in [1.29, 1.82) is 0 Å². The van der Waals surface area contributed by atoms with Gasteiger partial charge >= 0.3 is 7.12 Å². The molecule has 1 aromatic rings. The highest BCUT2D eigenvalue weighted by atomic mass is 16.7. The lowest BCUT2D eigenvalue weighted by atomic mass is 9.77. The molecule has 1 aliphatic rings. The summed E-state index contributed by atoms with van der Waals surface area (Å²) in [7, 11) is -0.465. The van der Waals surface area contributed by atoms with E-state index in [2.05, 4.69) is 4.98 Å². The summed E-state index contributed by atoms with van der Waals surface area (Å²) in [6.07, 6.45) is 1.99. The van der Waals surface area contributed by atoms with Crippen LogP contribution in [0.4, 0.5) is 0 Å². The SMILES string of the molecule is CC(=O)Cc1ncccc1B1OC(C)(C)C(C)(C)O1. The summed E-state index contributed by atoms with van der Waals surface area (Å²) in [5.74, 6) is 0.0801. The van der Waals surface area contributed by atoms with Gasteiger partial charge in [-0.2, -0.15) is 0 Å². The van der Waals surface area contributed by atoms with Crippen molar-refractivity contribution in [1.82, 2.24) is 4.98 Å². The molecule has 19 heavy (non-hydrogen) atoms. The molecule has 2 rings (SSSR count). The predicted molar refractivity (Wildman–Crippen MR) is 74.3 cm³/mol. The molecule has 2 heterocycles. The molecule has 4 nitrogen and oxygen atoms in total. The van der Waals surface area contributed by atoms with E-state index in [9.17, 15) is 4.79 Å². The first-order valence-electron chi connectivity index (χ1n) is 6.52. The quantitative estimate of drug-likeness (QED) is 0.774. The number of carbonyl (C=O) groups is 1. The highest BCUT2D eigenvalue weighted by molar-refractivity contribution is 6.62. The van der Waals surface area contributed by atoms with E-state index in [1.165, 1.54) is 0 Å². The molecule has 1 fully saturated rings. The standard InChI is InChI=1S/C14H20BNO3/c1-10(17)9-12-11(7-6-8-16-12)15-18-13(2,3)14(4,5)19-15/h6-8H,9H2,1-5H3.